The Morgan fingerprint density at radius 2 is 1.69 bits per heavy atom. The lowest BCUT2D eigenvalue weighted by Gasteiger charge is -2.35. The van der Waals surface area contributed by atoms with E-state index in [2.05, 4.69) is 41.0 Å². The molecule has 5 heteroatoms. The highest BCUT2D eigenvalue weighted by atomic mass is 16.5. The van der Waals surface area contributed by atoms with Gasteiger partial charge in [0.05, 0.1) is 6.54 Å². The Labute approximate surface area is 175 Å². The van der Waals surface area contributed by atoms with Crippen LogP contribution in [0.4, 0.5) is 0 Å². The smallest absolute Gasteiger partial charge is 0.147 e. The first-order chi connectivity index (χ1) is 14.1. The summed E-state index contributed by atoms with van der Waals surface area (Å²) in [5, 5.41) is 10.2. The van der Waals surface area contributed by atoms with Crippen LogP contribution in [0.25, 0.3) is 0 Å². The minimum absolute atomic E-state index is 0. The molecule has 0 unspecified atom stereocenters. The highest BCUT2D eigenvalue weighted by molar-refractivity contribution is 5.80. The molecule has 1 saturated heterocycles. The van der Waals surface area contributed by atoms with E-state index in [0.29, 0.717) is 31.9 Å². The fraction of sp³-hybridized carbons (Fsp3) is 0.458. The van der Waals surface area contributed by atoms with Crippen molar-refractivity contribution in [3.05, 3.63) is 65.7 Å². The highest BCUT2D eigenvalue weighted by Crippen LogP contribution is 2.10. The third kappa shape index (κ3) is 7.61. The molecule has 0 aromatic heterocycles. The zero-order valence-electron chi connectivity index (χ0n) is 17.3. The van der Waals surface area contributed by atoms with Gasteiger partial charge in [0.1, 0.15) is 24.2 Å². The third-order valence-electron chi connectivity index (χ3n) is 5.33. The van der Waals surface area contributed by atoms with Gasteiger partial charge in [-0.25, -0.2) is 0 Å². The Kier molecular flexibility index (Phi) is 8.23. The maximum atomic E-state index is 12.3. The van der Waals surface area contributed by atoms with Crippen molar-refractivity contribution in [2.24, 2.45) is 0 Å². The number of carbonyl (C=O) groups excluding carboxylic acids is 1. The van der Waals surface area contributed by atoms with Crippen LogP contribution in [0.15, 0.2) is 54.6 Å². The topological polar surface area (TPSA) is 53.0 Å². The number of benzene rings is 2. The van der Waals surface area contributed by atoms with Crippen LogP contribution >= 0.6 is 0 Å². The molecule has 2 aromatic rings. The van der Waals surface area contributed by atoms with Crippen LogP contribution in [-0.4, -0.2) is 72.7 Å². The monoisotopic (exact) mass is 398 g/mol. The Bertz CT molecular complexity index is 747. The summed E-state index contributed by atoms with van der Waals surface area (Å²) in [6.45, 7) is 6.96. The van der Waals surface area contributed by atoms with Crippen LogP contribution in [0.3, 0.4) is 0 Å². The van der Waals surface area contributed by atoms with Crippen molar-refractivity contribution >= 4 is 5.78 Å². The van der Waals surface area contributed by atoms with Crippen molar-refractivity contribution in [3.8, 4) is 5.75 Å². The number of Topliss-reactive ketones (excluding diaryl/α,β-unsaturated/α-hetero) is 1. The minimum atomic E-state index is -0.516. The van der Waals surface area contributed by atoms with Gasteiger partial charge in [0, 0.05) is 40.6 Å². The van der Waals surface area contributed by atoms with E-state index < -0.39 is 6.10 Å². The molecule has 1 heterocycles. The summed E-state index contributed by atoms with van der Waals surface area (Å²) in [6, 6.07) is 18.0. The van der Waals surface area contributed by atoms with Crippen molar-refractivity contribution in [3.63, 3.8) is 0 Å². The van der Waals surface area contributed by atoms with Gasteiger partial charge in [-0.2, -0.15) is 0 Å². The number of ether oxygens (including phenoxy) is 1. The molecular formula is C24H34N2O3. The van der Waals surface area contributed by atoms with Crippen LogP contribution in [-0.2, 0) is 11.2 Å². The lowest BCUT2D eigenvalue weighted by Crippen LogP contribution is -2.50. The molecule has 3 rings (SSSR count). The predicted octanol–water partition coefficient (Wildman–Crippen LogP) is 2.80. The molecule has 0 saturated carbocycles. The summed E-state index contributed by atoms with van der Waals surface area (Å²) in [4.78, 5) is 16.8. The molecule has 0 amide bonds. The molecular weight excluding hydrogens is 364 g/mol. The van der Waals surface area contributed by atoms with Gasteiger partial charge in [0.25, 0.3) is 0 Å². The van der Waals surface area contributed by atoms with Gasteiger partial charge >= 0.3 is 0 Å². The lowest BCUT2D eigenvalue weighted by molar-refractivity contribution is -0.120. The Morgan fingerprint density at radius 3 is 2.38 bits per heavy atom. The Morgan fingerprint density at radius 1 is 1.03 bits per heavy atom. The average molecular weight is 399 g/mol. The van der Waals surface area contributed by atoms with E-state index in [0.717, 1.165) is 38.3 Å². The number of aliphatic hydroxyl groups is 1. The van der Waals surface area contributed by atoms with Crippen LogP contribution in [0.2, 0.25) is 0 Å². The second kappa shape index (κ2) is 11.1. The summed E-state index contributed by atoms with van der Waals surface area (Å²) < 4.78 is 5.62. The van der Waals surface area contributed by atoms with Crippen molar-refractivity contribution in [1.82, 2.24) is 9.80 Å². The second-order valence-corrected chi connectivity index (χ2v) is 7.88. The molecule has 158 valence electrons. The fourth-order valence-corrected chi connectivity index (χ4v) is 3.56. The average Bonchev–Trinajstić information content (AvgIpc) is 2.74. The van der Waals surface area contributed by atoms with Gasteiger partial charge in [0.15, 0.2) is 0 Å². The number of nitrogens with zero attached hydrogens (tertiary/aromatic N) is 2. The van der Waals surface area contributed by atoms with Crippen molar-refractivity contribution in [2.75, 3.05) is 45.9 Å². The first-order valence-corrected chi connectivity index (χ1v) is 10.5. The van der Waals surface area contributed by atoms with Crippen LogP contribution in [0, 0.1) is 6.92 Å². The molecule has 1 fully saturated rings. The number of hydrogen-bond acceptors (Lipinski definition) is 5. The van der Waals surface area contributed by atoms with E-state index in [1.165, 1.54) is 11.1 Å². The number of piperazine rings is 1. The van der Waals surface area contributed by atoms with E-state index in [4.69, 9.17) is 4.74 Å². The molecule has 5 nitrogen and oxygen atoms in total. The summed E-state index contributed by atoms with van der Waals surface area (Å²) in [6.07, 6.45) is 0.892. The first kappa shape index (κ1) is 21.5. The number of carbonyl (C=O) groups is 1. The number of β-amino-alcohol motifs (C(OH)–C–C–N with tert-alkyl or cyclic N) is 1. The van der Waals surface area contributed by atoms with E-state index in [9.17, 15) is 9.90 Å². The largest absolute Gasteiger partial charge is 0.491 e. The molecule has 0 aliphatic carbocycles. The van der Waals surface area contributed by atoms with E-state index >= 15 is 0 Å². The van der Waals surface area contributed by atoms with Crippen LogP contribution in [0.1, 0.15) is 19.0 Å². The number of ketones is 1. The maximum Gasteiger partial charge on any atom is 0.147 e. The van der Waals surface area contributed by atoms with Gasteiger partial charge in [-0.1, -0.05) is 48.0 Å². The van der Waals surface area contributed by atoms with Crippen molar-refractivity contribution in [1.29, 1.82) is 0 Å². The van der Waals surface area contributed by atoms with Crippen LogP contribution in [0.5, 0.6) is 5.75 Å². The fourth-order valence-electron chi connectivity index (χ4n) is 3.56. The summed E-state index contributed by atoms with van der Waals surface area (Å²) in [5.74, 6) is 1.08. The van der Waals surface area contributed by atoms with Gasteiger partial charge in [0.2, 0.25) is 0 Å². The molecule has 2 aromatic carbocycles. The van der Waals surface area contributed by atoms with Crippen LogP contribution < -0.4 is 4.74 Å². The molecule has 1 aliphatic heterocycles. The number of aliphatic hydroxyl groups excluding tert-OH is 1. The molecule has 0 bridgehead atoms. The zero-order chi connectivity index (χ0) is 20.5. The summed E-state index contributed by atoms with van der Waals surface area (Å²) >= 11 is 0. The highest BCUT2D eigenvalue weighted by Gasteiger charge is 2.21. The molecule has 29 heavy (non-hydrogen) atoms. The SMILES string of the molecule is Cc1ccc(CCC(=O)CN2CCN(C[C@H](O)COc3ccccc3)CC2)cc1.[HH]. The minimum Gasteiger partial charge on any atom is -0.491 e. The lowest BCUT2D eigenvalue weighted by atomic mass is 10.1. The molecule has 0 radical (unpaired) electrons. The predicted molar refractivity (Wildman–Crippen MR) is 117 cm³/mol. The number of para-hydroxylation sites is 1. The Balaban J connectivity index is 0.00000320. The van der Waals surface area contributed by atoms with Gasteiger partial charge in [-0.05, 0) is 31.0 Å². The molecule has 1 atom stereocenters. The standard InChI is InChI=1S/C24H32N2O3.H2/c1-20-7-9-21(10-8-20)11-12-22(27)17-25-13-15-26(16-14-25)18-23(28)19-29-24-5-3-2-4-6-24;/h2-10,23,28H,11-19H2,1H3;1H/t23-;/m0./s1. The van der Waals surface area contributed by atoms with E-state index in [-0.39, 0.29) is 1.43 Å². The van der Waals surface area contributed by atoms with Gasteiger partial charge < -0.3 is 9.84 Å². The summed E-state index contributed by atoms with van der Waals surface area (Å²) in [5.41, 5.74) is 2.47. The molecule has 1 aliphatic rings. The van der Waals surface area contributed by atoms with Crippen molar-refractivity contribution in [2.45, 2.75) is 25.9 Å². The third-order valence-corrected chi connectivity index (χ3v) is 5.33. The van der Waals surface area contributed by atoms with Crippen molar-refractivity contribution < 1.29 is 16.1 Å². The van der Waals surface area contributed by atoms with E-state index in [1.54, 1.807) is 0 Å². The zero-order valence-corrected chi connectivity index (χ0v) is 17.3. The number of aryl methyl sites for hydroxylation is 2. The second-order valence-electron chi connectivity index (χ2n) is 7.88. The molecule has 0 spiro atoms. The van der Waals surface area contributed by atoms with E-state index in [1.807, 2.05) is 30.3 Å². The molecule has 1 N–H and O–H groups in total. The Hall–Kier alpha value is -2.21. The van der Waals surface area contributed by atoms with Gasteiger partial charge in [-0.15, -0.1) is 0 Å². The normalized spacial score (nSPS) is 16.5. The first-order valence-electron chi connectivity index (χ1n) is 10.5. The maximum absolute atomic E-state index is 12.3. The number of hydrogen-bond donors (Lipinski definition) is 1. The quantitative estimate of drug-likeness (QED) is 0.667. The van der Waals surface area contributed by atoms with Gasteiger partial charge in [-0.3, -0.25) is 14.6 Å². The summed E-state index contributed by atoms with van der Waals surface area (Å²) in [7, 11) is 0. The number of rotatable bonds is 10.